The van der Waals surface area contributed by atoms with Crippen LogP contribution in [0.5, 0.6) is 0 Å². The van der Waals surface area contributed by atoms with E-state index >= 15 is 0 Å². The summed E-state index contributed by atoms with van der Waals surface area (Å²) in [5.74, 6) is 0. The number of halogens is 3. The summed E-state index contributed by atoms with van der Waals surface area (Å²) >= 11 is 17.2. The zero-order valence-corrected chi connectivity index (χ0v) is 13.6. The largest absolute Gasteiger partial charge is 0.313 e. The first kappa shape index (κ1) is 14.4. The fourth-order valence-electron chi connectivity index (χ4n) is 1.84. The van der Waals surface area contributed by atoms with Crippen molar-refractivity contribution in [3.63, 3.8) is 0 Å². The van der Waals surface area contributed by atoms with Crippen LogP contribution in [0.3, 0.4) is 0 Å². The average Bonchev–Trinajstić information content (AvgIpc) is 2.67. The van der Waals surface area contributed by atoms with Gasteiger partial charge in [-0.05, 0) is 31.2 Å². The molecule has 0 saturated heterocycles. The first-order chi connectivity index (χ1) is 8.61. The Hall–Kier alpha value is -0.0600. The molecule has 18 heavy (non-hydrogen) atoms. The van der Waals surface area contributed by atoms with Gasteiger partial charge in [-0.2, -0.15) is 0 Å². The summed E-state index contributed by atoms with van der Waals surface area (Å²) in [6.07, 6.45) is 0.866. The van der Waals surface area contributed by atoms with Crippen LogP contribution in [0.4, 0.5) is 0 Å². The van der Waals surface area contributed by atoms with Crippen molar-refractivity contribution in [2.75, 3.05) is 7.05 Å². The van der Waals surface area contributed by atoms with Crippen LogP contribution in [0, 0.1) is 0 Å². The van der Waals surface area contributed by atoms with Gasteiger partial charge in [-0.15, -0.1) is 11.3 Å². The van der Waals surface area contributed by atoms with Gasteiger partial charge in [0, 0.05) is 16.1 Å². The second-order valence-electron chi connectivity index (χ2n) is 3.92. The van der Waals surface area contributed by atoms with Crippen molar-refractivity contribution >= 4 is 50.5 Å². The van der Waals surface area contributed by atoms with E-state index in [0.717, 1.165) is 25.1 Å². The number of rotatable bonds is 4. The van der Waals surface area contributed by atoms with E-state index in [-0.39, 0.29) is 6.04 Å². The average molecular weight is 365 g/mol. The van der Waals surface area contributed by atoms with Crippen molar-refractivity contribution in [1.82, 2.24) is 5.32 Å². The lowest BCUT2D eigenvalue weighted by Gasteiger charge is -2.16. The molecule has 0 radical (unpaired) electrons. The summed E-state index contributed by atoms with van der Waals surface area (Å²) in [6.45, 7) is 0. The lowest BCUT2D eigenvalue weighted by Crippen LogP contribution is -2.18. The van der Waals surface area contributed by atoms with E-state index < -0.39 is 0 Å². The first-order valence-electron chi connectivity index (χ1n) is 5.47. The third-order valence-electron chi connectivity index (χ3n) is 2.79. The van der Waals surface area contributed by atoms with E-state index in [4.69, 9.17) is 23.2 Å². The topological polar surface area (TPSA) is 12.0 Å². The van der Waals surface area contributed by atoms with Gasteiger partial charge in [0.25, 0.3) is 0 Å². The Bertz CT molecular complexity index is 542. The second-order valence-corrected chi connectivity index (χ2v) is 7.06. The van der Waals surface area contributed by atoms with Crippen LogP contribution < -0.4 is 5.32 Å². The van der Waals surface area contributed by atoms with Gasteiger partial charge < -0.3 is 5.32 Å². The molecule has 5 heteroatoms. The van der Waals surface area contributed by atoms with Gasteiger partial charge in [-0.25, -0.2) is 0 Å². The van der Waals surface area contributed by atoms with Crippen molar-refractivity contribution in [3.05, 3.63) is 54.6 Å². The highest BCUT2D eigenvalue weighted by atomic mass is 79.9. The molecule has 1 aromatic heterocycles. The highest BCUT2D eigenvalue weighted by molar-refractivity contribution is 9.10. The molecule has 1 N–H and O–H groups in total. The Balaban J connectivity index is 2.25. The van der Waals surface area contributed by atoms with Crippen LogP contribution in [-0.4, -0.2) is 7.05 Å². The summed E-state index contributed by atoms with van der Waals surface area (Å²) < 4.78 is 2.59. The minimum Gasteiger partial charge on any atom is -0.313 e. The van der Waals surface area contributed by atoms with Gasteiger partial charge in [0.2, 0.25) is 0 Å². The lowest BCUT2D eigenvalue weighted by atomic mass is 10.0. The maximum atomic E-state index is 6.21. The summed E-state index contributed by atoms with van der Waals surface area (Å²) in [7, 11) is 1.93. The second kappa shape index (κ2) is 6.40. The standard InChI is InChI=1S/C13H12BrCl2NS/c1-17-11(9-7-12(15)18-13(9)16)6-8-4-2-3-5-10(8)14/h2-5,7,11,17H,6H2,1H3. The van der Waals surface area contributed by atoms with E-state index in [9.17, 15) is 0 Å². The summed E-state index contributed by atoms with van der Waals surface area (Å²) in [6, 6.07) is 10.3. The van der Waals surface area contributed by atoms with Crippen LogP contribution in [0.25, 0.3) is 0 Å². The third-order valence-corrected chi connectivity index (χ3v) is 5.08. The monoisotopic (exact) mass is 363 g/mol. The Morgan fingerprint density at radius 2 is 2.06 bits per heavy atom. The Kier molecular flexibility index (Phi) is 5.10. The number of hydrogen-bond acceptors (Lipinski definition) is 2. The first-order valence-corrected chi connectivity index (χ1v) is 7.83. The van der Waals surface area contributed by atoms with E-state index in [2.05, 4.69) is 27.3 Å². The Morgan fingerprint density at radius 1 is 1.33 bits per heavy atom. The van der Waals surface area contributed by atoms with E-state index in [1.54, 1.807) is 0 Å². The zero-order chi connectivity index (χ0) is 13.1. The van der Waals surface area contributed by atoms with Crippen LogP contribution in [0.1, 0.15) is 17.2 Å². The van der Waals surface area contributed by atoms with Gasteiger partial charge in [0.1, 0.15) is 0 Å². The molecular weight excluding hydrogens is 353 g/mol. The lowest BCUT2D eigenvalue weighted by molar-refractivity contribution is 0.593. The van der Waals surface area contributed by atoms with Crippen LogP contribution >= 0.6 is 50.5 Å². The quantitative estimate of drug-likeness (QED) is 0.773. The van der Waals surface area contributed by atoms with Crippen molar-refractivity contribution in [3.8, 4) is 0 Å². The summed E-state index contributed by atoms with van der Waals surface area (Å²) in [5.41, 5.74) is 2.31. The Morgan fingerprint density at radius 3 is 2.61 bits per heavy atom. The molecule has 1 unspecified atom stereocenters. The molecular formula is C13H12BrCl2NS. The maximum absolute atomic E-state index is 6.21. The molecule has 2 rings (SSSR count). The molecule has 0 fully saturated rings. The molecule has 0 aliphatic carbocycles. The van der Waals surface area contributed by atoms with Crippen molar-refractivity contribution in [1.29, 1.82) is 0 Å². The van der Waals surface area contributed by atoms with Gasteiger partial charge >= 0.3 is 0 Å². The van der Waals surface area contributed by atoms with Crippen LogP contribution in [-0.2, 0) is 6.42 Å². The molecule has 0 saturated carbocycles. The molecule has 0 aliphatic heterocycles. The molecule has 0 amide bonds. The predicted molar refractivity (Wildman–Crippen MR) is 84.0 cm³/mol. The SMILES string of the molecule is CNC(Cc1ccccc1Br)c1cc(Cl)sc1Cl. The van der Waals surface area contributed by atoms with Crippen molar-refractivity contribution < 1.29 is 0 Å². The van der Waals surface area contributed by atoms with E-state index in [1.807, 2.05) is 31.3 Å². The molecule has 0 bridgehead atoms. The van der Waals surface area contributed by atoms with Crippen LogP contribution in [0.15, 0.2) is 34.8 Å². The third kappa shape index (κ3) is 3.28. The fourth-order valence-corrected chi connectivity index (χ4v) is 3.87. The van der Waals surface area contributed by atoms with Gasteiger partial charge in [0.05, 0.1) is 8.67 Å². The molecule has 1 aromatic carbocycles. The number of nitrogens with one attached hydrogen (secondary N) is 1. The molecule has 1 nitrogen and oxygen atoms in total. The molecule has 96 valence electrons. The molecule has 1 heterocycles. The number of likely N-dealkylation sites (N-methyl/N-ethyl adjacent to an activating group) is 1. The number of hydrogen-bond donors (Lipinski definition) is 1. The maximum Gasteiger partial charge on any atom is 0.0992 e. The predicted octanol–water partition coefficient (Wildman–Crippen LogP) is 5.32. The number of thiophene rings is 1. The minimum absolute atomic E-state index is 0.167. The van der Waals surface area contributed by atoms with Gasteiger partial charge in [0.15, 0.2) is 0 Å². The van der Waals surface area contributed by atoms with Crippen molar-refractivity contribution in [2.45, 2.75) is 12.5 Å². The van der Waals surface area contributed by atoms with Crippen molar-refractivity contribution in [2.24, 2.45) is 0 Å². The van der Waals surface area contributed by atoms with Gasteiger partial charge in [-0.3, -0.25) is 0 Å². The highest BCUT2D eigenvalue weighted by Gasteiger charge is 2.17. The summed E-state index contributed by atoms with van der Waals surface area (Å²) in [4.78, 5) is 0. The van der Waals surface area contributed by atoms with E-state index in [1.165, 1.54) is 16.9 Å². The summed E-state index contributed by atoms with van der Waals surface area (Å²) in [5, 5.41) is 3.29. The van der Waals surface area contributed by atoms with Crippen LogP contribution in [0.2, 0.25) is 8.67 Å². The Labute approximate surface area is 129 Å². The molecule has 2 aromatic rings. The molecule has 0 spiro atoms. The molecule has 0 aliphatic rings. The number of benzene rings is 1. The normalized spacial score (nSPS) is 12.7. The minimum atomic E-state index is 0.167. The van der Waals surface area contributed by atoms with Gasteiger partial charge in [-0.1, -0.05) is 57.3 Å². The zero-order valence-electron chi connectivity index (χ0n) is 9.71. The molecule has 1 atom stereocenters. The van der Waals surface area contributed by atoms with E-state index in [0.29, 0.717) is 0 Å². The smallest absolute Gasteiger partial charge is 0.0992 e. The highest BCUT2D eigenvalue weighted by Crippen LogP contribution is 2.36. The fraction of sp³-hybridized carbons (Fsp3) is 0.231.